The van der Waals surface area contributed by atoms with E-state index in [1.807, 2.05) is 24.3 Å². The number of carbonyl (C=O) groups excluding carboxylic acids is 1. The van der Waals surface area contributed by atoms with Crippen molar-refractivity contribution in [2.45, 2.75) is 37.7 Å². The summed E-state index contributed by atoms with van der Waals surface area (Å²) in [4.78, 5) is 25.3. The van der Waals surface area contributed by atoms with Crippen molar-refractivity contribution in [1.29, 1.82) is 0 Å². The number of allylic oxidation sites excluding steroid dienone is 3. The lowest BCUT2D eigenvalue weighted by atomic mass is 9.94. The van der Waals surface area contributed by atoms with Crippen molar-refractivity contribution in [3.63, 3.8) is 0 Å². The van der Waals surface area contributed by atoms with E-state index < -0.39 is 17.9 Å². The number of carbonyl (C=O) groups is 2. The lowest BCUT2D eigenvalue weighted by Gasteiger charge is -2.21. The smallest absolute Gasteiger partial charge is 0.304 e. The van der Waals surface area contributed by atoms with E-state index in [0.717, 1.165) is 16.7 Å². The number of nitrogens with zero attached hydrogens (tertiary/aromatic N) is 1. The summed E-state index contributed by atoms with van der Waals surface area (Å²) in [7, 11) is 3.41. The monoisotopic (exact) mass is 491 g/mol. The molecule has 0 saturated carbocycles. The number of benzene rings is 2. The first kappa shape index (κ1) is 25.2. The molecule has 188 valence electrons. The van der Waals surface area contributed by atoms with Crippen molar-refractivity contribution in [1.82, 2.24) is 4.90 Å². The molecular formula is C29H30FNO5. The fraction of sp³-hybridized carbons (Fsp3) is 0.310. The minimum Gasteiger partial charge on any atom is -0.492 e. The van der Waals surface area contributed by atoms with Gasteiger partial charge in [0.15, 0.2) is 0 Å². The third kappa shape index (κ3) is 5.51. The number of rotatable bonds is 6. The van der Waals surface area contributed by atoms with Gasteiger partial charge in [0.05, 0.1) is 13.0 Å². The van der Waals surface area contributed by atoms with Crippen molar-refractivity contribution in [2.75, 3.05) is 20.7 Å². The van der Waals surface area contributed by atoms with Crippen LogP contribution in [0.25, 0.3) is 5.57 Å². The first-order valence-corrected chi connectivity index (χ1v) is 12.0. The molecule has 2 aliphatic rings. The van der Waals surface area contributed by atoms with Crippen LogP contribution in [-0.4, -0.2) is 48.7 Å². The van der Waals surface area contributed by atoms with E-state index in [1.165, 1.54) is 11.0 Å². The Morgan fingerprint density at radius 3 is 2.72 bits per heavy atom. The minimum atomic E-state index is -0.873. The van der Waals surface area contributed by atoms with Crippen molar-refractivity contribution in [2.24, 2.45) is 0 Å². The highest BCUT2D eigenvalue weighted by Crippen LogP contribution is 2.39. The number of carboxylic acid groups (broad SMARTS) is 1. The molecule has 2 aromatic rings. The maximum absolute atomic E-state index is 15.1. The van der Waals surface area contributed by atoms with E-state index in [4.69, 9.17) is 14.6 Å². The average molecular weight is 492 g/mol. The van der Waals surface area contributed by atoms with E-state index in [9.17, 15) is 9.59 Å². The summed E-state index contributed by atoms with van der Waals surface area (Å²) >= 11 is 0. The van der Waals surface area contributed by atoms with Gasteiger partial charge in [0.1, 0.15) is 23.4 Å². The number of hydrogen-bond donors (Lipinski definition) is 1. The van der Waals surface area contributed by atoms with Gasteiger partial charge in [0.25, 0.3) is 5.91 Å². The van der Waals surface area contributed by atoms with Gasteiger partial charge in [-0.2, -0.15) is 0 Å². The van der Waals surface area contributed by atoms with Crippen LogP contribution >= 0.6 is 0 Å². The normalized spacial score (nSPS) is 22.5. The fourth-order valence-electron chi connectivity index (χ4n) is 4.59. The first-order chi connectivity index (χ1) is 17.2. The Labute approximate surface area is 210 Å². The van der Waals surface area contributed by atoms with Crippen molar-refractivity contribution in [3.8, 4) is 11.5 Å². The van der Waals surface area contributed by atoms with Crippen molar-refractivity contribution < 1.29 is 28.6 Å². The molecule has 0 aromatic heterocycles. The standard InChI is InChI=1S/C29H30FNO5/c1-18-25(30)14-11-19(22-8-4-5-9-24(22)29(34)31(2)3)7-6-10-26(18)36-21-12-13-23-20(15-28(32)33)17-35-27(23)16-21/h4-5,8-9,11-14,16,20,26H,1,6-7,10,15,17H2,2-3H3,(H,32,33)/b19-11+,25-14+/t20-,26-/m1/s1. The van der Waals surface area contributed by atoms with Gasteiger partial charge in [-0.3, -0.25) is 9.59 Å². The number of ether oxygens (including phenoxy) is 2. The molecule has 0 saturated heterocycles. The molecule has 4 rings (SSSR count). The predicted octanol–water partition coefficient (Wildman–Crippen LogP) is 5.76. The summed E-state index contributed by atoms with van der Waals surface area (Å²) in [6, 6.07) is 12.7. The number of fused-ring (bicyclic) bond motifs is 1. The van der Waals surface area contributed by atoms with E-state index >= 15 is 4.39 Å². The Kier molecular flexibility index (Phi) is 7.58. The summed E-state index contributed by atoms with van der Waals surface area (Å²) < 4.78 is 26.9. The van der Waals surface area contributed by atoms with Crippen molar-refractivity contribution in [3.05, 3.63) is 89.3 Å². The van der Waals surface area contributed by atoms with E-state index in [1.54, 1.807) is 38.4 Å². The lowest BCUT2D eigenvalue weighted by molar-refractivity contribution is -0.137. The predicted molar refractivity (Wildman–Crippen MR) is 136 cm³/mol. The maximum Gasteiger partial charge on any atom is 0.304 e. The lowest BCUT2D eigenvalue weighted by Crippen LogP contribution is -2.22. The van der Waals surface area contributed by atoms with Crippen LogP contribution in [0.2, 0.25) is 0 Å². The highest BCUT2D eigenvalue weighted by molar-refractivity contribution is 5.99. The van der Waals surface area contributed by atoms with Gasteiger partial charge in [-0.05, 0) is 48.6 Å². The Morgan fingerprint density at radius 1 is 1.19 bits per heavy atom. The van der Waals surface area contributed by atoms with Gasteiger partial charge in [-0.1, -0.05) is 36.9 Å². The Hall–Kier alpha value is -3.87. The molecule has 2 atom stereocenters. The molecule has 1 N–H and O–H groups in total. The number of aliphatic carboxylic acids is 1. The number of halogens is 1. The van der Waals surface area contributed by atoms with E-state index in [-0.39, 0.29) is 23.8 Å². The number of carboxylic acids is 1. The molecule has 1 aliphatic carbocycles. The largest absolute Gasteiger partial charge is 0.492 e. The van der Waals surface area contributed by atoms with Gasteiger partial charge < -0.3 is 19.5 Å². The summed E-state index contributed by atoms with van der Waals surface area (Å²) in [6.07, 6.45) is 4.39. The van der Waals surface area contributed by atoms with E-state index in [2.05, 4.69) is 6.58 Å². The molecule has 7 heteroatoms. The Morgan fingerprint density at radius 2 is 1.97 bits per heavy atom. The summed E-state index contributed by atoms with van der Waals surface area (Å²) in [6.45, 7) is 4.26. The molecule has 0 fully saturated rings. The molecule has 0 spiro atoms. The second-order valence-corrected chi connectivity index (χ2v) is 9.28. The second-order valence-electron chi connectivity index (χ2n) is 9.28. The van der Waals surface area contributed by atoms with Crippen LogP contribution in [0.4, 0.5) is 4.39 Å². The van der Waals surface area contributed by atoms with Crippen LogP contribution in [0, 0.1) is 0 Å². The molecule has 1 aliphatic heterocycles. The summed E-state index contributed by atoms with van der Waals surface area (Å²) in [5.41, 5.74) is 3.32. The van der Waals surface area contributed by atoms with Crippen LogP contribution in [0.1, 0.15) is 53.1 Å². The molecule has 0 radical (unpaired) electrons. The topological polar surface area (TPSA) is 76.1 Å². The van der Waals surface area contributed by atoms with Crippen LogP contribution in [0.3, 0.4) is 0 Å². The van der Waals surface area contributed by atoms with Gasteiger partial charge in [0, 0.05) is 42.8 Å². The van der Waals surface area contributed by atoms with Gasteiger partial charge in [-0.15, -0.1) is 0 Å². The molecule has 1 amide bonds. The average Bonchev–Trinajstić information content (AvgIpc) is 3.26. The van der Waals surface area contributed by atoms with Gasteiger partial charge >= 0.3 is 5.97 Å². The van der Waals surface area contributed by atoms with Crippen LogP contribution in [0.15, 0.2) is 72.6 Å². The molecule has 0 unspecified atom stereocenters. The molecule has 0 bridgehead atoms. The van der Waals surface area contributed by atoms with Crippen molar-refractivity contribution >= 4 is 17.4 Å². The number of amides is 1. The van der Waals surface area contributed by atoms with Gasteiger partial charge in [0.2, 0.25) is 0 Å². The Balaban J connectivity index is 1.51. The maximum atomic E-state index is 15.1. The minimum absolute atomic E-state index is 0.00123. The SMILES string of the molecule is C=C1/C(F)=C\C=C(\c2ccccc2C(=O)N(C)C)CCC[C@H]1Oc1ccc2c(c1)OC[C@H]2CC(=O)O. The number of hydrogen-bond acceptors (Lipinski definition) is 4. The molecule has 6 nitrogen and oxygen atoms in total. The van der Waals surface area contributed by atoms with Crippen LogP contribution in [0.5, 0.6) is 11.5 Å². The zero-order valence-corrected chi connectivity index (χ0v) is 20.5. The summed E-state index contributed by atoms with van der Waals surface area (Å²) in [5.74, 6) is -0.547. The van der Waals surface area contributed by atoms with Gasteiger partial charge in [-0.25, -0.2) is 4.39 Å². The molecular weight excluding hydrogens is 461 g/mol. The van der Waals surface area contributed by atoms with Crippen LogP contribution < -0.4 is 9.47 Å². The highest BCUT2D eigenvalue weighted by atomic mass is 19.1. The molecule has 2 aromatic carbocycles. The fourth-order valence-corrected chi connectivity index (χ4v) is 4.59. The zero-order valence-electron chi connectivity index (χ0n) is 20.5. The third-order valence-electron chi connectivity index (χ3n) is 6.51. The third-order valence-corrected chi connectivity index (χ3v) is 6.51. The molecule has 1 heterocycles. The Bertz CT molecular complexity index is 1250. The highest BCUT2D eigenvalue weighted by Gasteiger charge is 2.28. The van der Waals surface area contributed by atoms with E-state index in [0.29, 0.717) is 42.9 Å². The second kappa shape index (κ2) is 10.8. The zero-order chi connectivity index (χ0) is 25.8. The summed E-state index contributed by atoms with van der Waals surface area (Å²) in [5, 5.41) is 9.10. The first-order valence-electron chi connectivity index (χ1n) is 12.0. The van der Waals surface area contributed by atoms with Crippen LogP contribution in [-0.2, 0) is 4.79 Å². The molecule has 36 heavy (non-hydrogen) atoms. The quantitative estimate of drug-likeness (QED) is 0.556.